The molecule has 1 heterocycles. The monoisotopic (exact) mass is 435 g/mol. The third-order valence-corrected chi connectivity index (χ3v) is 5.15. The topological polar surface area (TPSA) is 75.6 Å². The van der Waals surface area contributed by atoms with Gasteiger partial charge in [0.2, 0.25) is 0 Å². The van der Waals surface area contributed by atoms with Crippen LogP contribution in [-0.4, -0.2) is 23.3 Å². The number of carbonyl (C=O) groups is 2. The number of halogens is 3. The van der Waals surface area contributed by atoms with E-state index in [-0.39, 0.29) is 11.7 Å². The van der Waals surface area contributed by atoms with Crippen LogP contribution in [0.15, 0.2) is 60.0 Å². The van der Waals surface area contributed by atoms with E-state index in [9.17, 15) is 22.8 Å². The lowest BCUT2D eigenvalue weighted by Crippen LogP contribution is -2.16. The van der Waals surface area contributed by atoms with Crippen molar-refractivity contribution in [3.05, 3.63) is 71.1 Å². The van der Waals surface area contributed by atoms with Gasteiger partial charge in [0.25, 0.3) is 5.91 Å². The molecule has 156 valence electrons. The molecule has 3 aromatic rings. The van der Waals surface area contributed by atoms with E-state index in [2.05, 4.69) is 10.1 Å². The molecule has 0 aliphatic carbocycles. The summed E-state index contributed by atoms with van der Waals surface area (Å²) in [5.41, 5.74) is 2.38. The average molecular weight is 435 g/mol. The summed E-state index contributed by atoms with van der Waals surface area (Å²) in [4.78, 5) is 23.4. The fraction of sp³-hybridized carbons (Fsp3) is 0.143. The lowest BCUT2D eigenvalue weighted by molar-refractivity contribution is -0.274. The fourth-order valence-corrected chi connectivity index (χ4v) is 3.46. The maximum absolute atomic E-state index is 12.4. The number of hydrogen-bond donors (Lipinski definition) is 2. The molecule has 1 aromatic heterocycles. The van der Waals surface area contributed by atoms with Crippen molar-refractivity contribution in [3.8, 4) is 16.9 Å². The van der Waals surface area contributed by atoms with Crippen molar-refractivity contribution >= 4 is 28.2 Å². The van der Waals surface area contributed by atoms with Crippen LogP contribution in [0.1, 0.15) is 28.8 Å². The lowest BCUT2D eigenvalue weighted by Gasteiger charge is -2.09. The number of amides is 1. The molecule has 0 fully saturated rings. The van der Waals surface area contributed by atoms with Gasteiger partial charge in [-0.25, -0.2) is 0 Å². The molecule has 0 spiro atoms. The van der Waals surface area contributed by atoms with Gasteiger partial charge in [-0.05, 0) is 53.9 Å². The Morgan fingerprint density at radius 2 is 1.67 bits per heavy atom. The highest BCUT2D eigenvalue weighted by Gasteiger charge is 2.31. The van der Waals surface area contributed by atoms with Gasteiger partial charge in [-0.15, -0.1) is 24.5 Å². The number of alkyl halides is 3. The average Bonchev–Trinajstić information content (AvgIpc) is 3.15. The van der Waals surface area contributed by atoms with Crippen LogP contribution in [0.2, 0.25) is 0 Å². The predicted octanol–water partition coefficient (Wildman–Crippen LogP) is 5.75. The highest BCUT2D eigenvalue weighted by molar-refractivity contribution is 7.14. The zero-order valence-electron chi connectivity index (χ0n) is 15.6. The molecule has 0 saturated heterocycles. The molecule has 0 bridgehead atoms. The number of rotatable bonds is 6. The van der Waals surface area contributed by atoms with Gasteiger partial charge in [0.1, 0.15) is 5.75 Å². The van der Waals surface area contributed by atoms with Crippen molar-refractivity contribution < 1.29 is 32.6 Å². The summed E-state index contributed by atoms with van der Waals surface area (Å²) < 4.78 is 40.6. The second-order valence-electron chi connectivity index (χ2n) is 6.41. The molecule has 0 radical (unpaired) electrons. The van der Waals surface area contributed by atoms with Gasteiger partial charge < -0.3 is 15.2 Å². The Labute approximate surface area is 173 Å². The van der Waals surface area contributed by atoms with Crippen molar-refractivity contribution in [1.82, 2.24) is 0 Å². The standard InChI is InChI=1S/C21H16F3NO4S/c1-12(20(27)28)13-2-4-15(5-3-13)19(26)25-18-10-16(11-30-18)14-6-8-17(9-7-14)29-21(22,23)24/h2-12H,1H3,(H,25,26)(H,27,28). The summed E-state index contributed by atoms with van der Waals surface area (Å²) >= 11 is 1.27. The number of carbonyl (C=O) groups excluding carboxylic acids is 1. The van der Waals surface area contributed by atoms with Crippen LogP contribution in [0, 0.1) is 0 Å². The summed E-state index contributed by atoms with van der Waals surface area (Å²) in [6.45, 7) is 1.56. The van der Waals surface area contributed by atoms with Crippen molar-refractivity contribution in [2.24, 2.45) is 0 Å². The van der Waals surface area contributed by atoms with Crippen LogP contribution in [0.4, 0.5) is 18.2 Å². The predicted molar refractivity (Wildman–Crippen MR) is 107 cm³/mol. The molecule has 0 saturated carbocycles. The number of hydrogen-bond acceptors (Lipinski definition) is 4. The van der Waals surface area contributed by atoms with E-state index in [4.69, 9.17) is 5.11 Å². The van der Waals surface area contributed by atoms with E-state index >= 15 is 0 Å². The molecule has 1 unspecified atom stereocenters. The molecular weight excluding hydrogens is 419 g/mol. The first-order valence-electron chi connectivity index (χ1n) is 8.71. The minimum atomic E-state index is -4.74. The Kier molecular flexibility index (Phi) is 6.12. The largest absolute Gasteiger partial charge is 0.573 e. The lowest BCUT2D eigenvalue weighted by atomic mass is 10.00. The third-order valence-electron chi connectivity index (χ3n) is 4.30. The molecule has 0 aliphatic rings. The quantitative estimate of drug-likeness (QED) is 0.517. The number of ether oxygens (including phenoxy) is 1. The summed E-state index contributed by atoms with van der Waals surface area (Å²) in [7, 11) is 0. The minimum absolute atomic E-state index is 0.310. The normalized spacial score (nSPS) is 12.3. The van der Waals surface area contributed by atoms with E-state index in [1.807, 2.05) is 0 Å². The zero-order chi connectivity index (χ0) is 21.9. The Morgan fingerprint density at radius 3 is 2.23 bits per heavy atom. The van der Waals surface area contributed by atoms with Crippen LogP contribution in [0.5, 0.6) is 5.75 Å². The maximum Gasteiger partial charge on any atom is 0.573 e. The Morgan fingerprint density at radius 1 is 1.03 bits per heavy atom. The first kappa shape index (κ1) is 21.4. The molecule has 2 N–H and O–H groups in total. The molecule has 0 aliphatic heterocycles. The van der Waals surface area contributed by atoms with Crippen LogP contribution in [0.25, 0.3) is 11.1 Å². The SMILES string of the molecule is CC(C(=O)O)c1ccc(C(=O)Nc2cc(-c3ccc(OC(F)(F)F)cc3)cs2)cc1. The zero-order valence-corrected chi connectivity index (χ0v) is 16.4. The van der Waals surface area contributed by atoms with Gasteiger partial charge in [0.05, 0.1) is 10.9 Å². The van der Waals surface area contributed by atoms with Crippen molar-refractivity contribution in [1.29, 1.82) is 0 Å². The highest BCUT2D eigenvalue weighted by Crippen LogP contribution is 2.31. The first-order valence-corrected chi connectivity index (χ1v) is 9.59. The second-order valence-corrected chi connectivity index (χ2v) is 7.32. The van der Waals surface area contributed by atoms with Crippen molar-refractivity contribution in [3.63, 3.8) is 0 Å². The van der Waals surface area contributed by atoms with Crippen LogP contribution >= 0.6 is 11.3 Å². The molecule has 5 nitrogen and oxygen atoms in total. The second kappa shape index (κ2) is 8.58. The summed E-state index contributed by atoms with van der Waals surface area (Å²) in [6.07, 6.45) is -4.74. The molecule has 1 atom stereocenters. The molecule has 9 heteroatoms. The van der Waals surface area contributed by atoms with Crippen molar-refractivity contribution in [2.75, 3.05) is 5.32 Å². The summed E-state index contributed by atoms with van der Waals surface area (Å²) in [5.74, 6) is -2.28. The smallest absolute Gasteiger partial charge is 0.481 e. The first-order chi connectivity index (χ1) is 14.1. The Bertz CT molecular complexity index is 1040. The summed E-state index contributed by atoms with van der Waals surface area (Å²) in [5, 5.41) is 14.1. The van der Waals surface area contributed by atoms with E-state index in [1.54, 1.807) is 42.6 Å². The maximum atomic E-state index is 12.4. The van der Waals surface area contributed by atoms with Gasteiger partial charge in [0, 0.05) is 10.9 Å². The minimum Gasteiger partial charge on any atom is -0.481 e. The van der Waals surface area contributed by atoms with Crippen molar-refractivity contribution in [2.45, 2.75) is 19.2 Å². The number of thiophene rings is 1. The molecule has 2 aromatic carbocycles. The molecule has 3 rings (SSSR count). The Hall–Kier alpha value is -3.33. The number of carboxylic acid groups (broad SMARTS) is 1. The Balaban J connectivity index is 1.66. The van der Waals surface area contributed by atoms with Gasteiger partial charge in [-0.2, -0.15) is 0 Å². The number of carboxylic acids is 1. The summed E-state index contributed by atoms with van der Waals surface area (Å²) in [6, 6.07) is 13.4. The fourth-order valence-electron chi connectivity index (χ4n) is 2.65. The van der Waals surface area contributed by atoms with E-state index in [1.165, 1.54) is 35.6 Å². The number of nitrogens with one attached hydrogen (secondary N) is 1. The van der Waals surface area contributed by atoms with E-state index < -0.39 is 18.2 Å². The van der Waals surface area contributed by atoms with Crippen LogP contribution in [0.3, 0.4) is 0 Å². The van der Waals surface area contributed by atoms with Gasteiger partial charge in [0.15, 0.2) is 0 Å². The van der Waals surface area contributed by atoms with Gasteiger partial charge >= 0.3 is 12.3 Å². The number of benzene rings is 2. The number of anilines is 1. The van der Waals surface area contributed by atoms with Crippen LogP contribution in [-0.2, 0) is 4.79 Å². The van der Waals surface area contributed by atoms with Gasteiger partial charge in [-0.1, -0.05) is 24.3 Å². The molecule has 1 amide bonds. The highest BCUT2D eigenvalue weighted by atomic mass is 32.1. The number of aliphatic carboxylic acids is 1. The van der Waals surface area contributed by atoms with Crippen LogP contribution < -0.4 is 10.1 Å². The molecule has 30 heavy (non-hydrogen) atoms. The van der Waals surface area contributed by atoms with Gasteiger partial charge in [-0.3, -0.25) is 9.59 Å². The molecular formula is C21H16F3NO4S. The van der Waals surface area contributed by atoms with E-state index in [0.29, 0.717) is 21.7 Å². The third kappa shape index (κ3) is 5.38. The van der Waals surface area contributed by atoms with E-state index in [0.717, 1.165) is 5.56 Å².